The number of nitrogens with zero attached hydrogens (tertiary/aromatic N) is 1. The Morgan fingerprint density at radius 3 is 3.15 bits per heavy atom. The van der Waals surface area contributed by atoms with Gasteiger partial charge in [0.05, 0.1) is 0 Å². The number of nitrogens with one attached hydrogen (secondary N) is 1. The molecule has 20 heavy (non-hydrogen) atoms. The summed E-state index contributed by atoms with van der Waals surface area (Å²) in [6, 6.07) is 6.99. The summed E-state index contributed by atoms with van der Waals surface area (Å²) >= 11 is 4.23. The molecule has 1 unspecified atom stereocenters. The van der Waals surface area contributed by atoms with Gasteiger partial charge in [-0.3, -0.25) is 0 Å². The SMILES string of the molecule is CN1CCCc2cc(CNCC3CSCCS3)ccc21. The molecule has 110 valence electrons. The molecular formula is C16H24N2S2. The fourth-order valence-electron chi connectivity index (χ4n) is 2.98. The summed E-state index contributed by atoms with van der Waals surface area (Å²) in [5.41, 5.74) is 4.40. The van der Waals surface area contributed by atoms with Crippen molar-refractivity contribution < 1.29 is 0 Å². The van der Waals surface area contributed by atoms with Crippen LogP contribution in [-0.2, 0) is 13.0 Å². The standard InChI is InChI=1S/C16H24N2S2/c1-18-6-2-3-14-9-13(4-5-16(14)18)10-17-11-15-12-19-7-8-20-15/h4-5,9,15,17H,2-3,6-8,10-12H2,1H3. The van der Waals surface area contributed by atoms with Crippen LogP contribution in [0.5, 0.6) is 0 Å². The Kier molecular flexibility index (Phi) is 5.19. The van der Waals surface area contributed by atoms with E-state index in [-0.39, 0.29) is 0 Å². The average Bonchev–Trinajstić information content (AvgIpc) is 2.48. The monoisotopic (exact) mass is 308 g/mol. The molecule has 0 amide bonds. The molecule has 0 bridgehead atoms. The fraction of sp³-hybridized carbons (Fsp3) is 0.625. The van der Waals surface area contributed by atoms with E-state index in [1.807, 2.05) is 0 Å². The van der Waals surface area contributed by atoms with Crippen LogP contribution < -0.4 is 10.2 Å². The lowest BCUT2D eigenvalue weighted by Crippen LogP contribution is -2.29. The predicted molar refractivity (Wildman–Crippen MR) is 93.3 cm³/mol. The number of anilines is 1. The van der Waals surface area contributed by atoms with E-state index >= 15 is 0 Å². The Balaban J connectivity index is 1.52. The molecule has 4 heteroatoms. The topological polar surface area (TPSA) is 15.3 Å². The minimum absolute atomic E-state index is 0.803. The van der Waals surface area contributed by atoms with Gasteiger partial charge in [0.25, 0.3) is 0 Å². The van der Waals surface area contributed by atoms with Gasteiger partial charge < -0.3 is 10.2 Å². The molecule has 1 N–H and O–H groups in total. The number of benzene rings is 1. The molecule has 2 aliphatic rings. The van der Waals surface area contributed by atoms with Crippen molar-refractivity contribution in [1.29, 1.82) is 0 Å². The molecule has 1 aromatic carbocycles. The van der Waals surface area contributed by atoms with Crippen LogP contribution in [0.4, 0.5) is 5.69 Å². The van der Waals surface area contributed by atoms with Crippen molar-refractivity contribution in [3.05, 3.63) is 29.3 Å². The maximum Gasteiger partial charge on any atom is 0.0396 e. The third-order valence-corrected chi connectivity index (χ3v) is 6.93. The first kappa shape index (κ1) is 14.6. The van der Waals surface area contributed by atoms with Crippen LogP contribution in [0.1, 0.15) is 17.5 Å². The zero-order valence-corrected chi connectivity index (χ0v) is 13.9. The summed E-state index contributed by atoms with van der Waals surface area (Å²) in [6.45, 7) is 3.36. The van der Waals surface area contributed by atoms with E-state index in [4.69, 9.17) is 0 Å². The summed E-state index contributed by atoms with van der Waals surface area (Å²) in [5.74, 6) is 3.97. The van der Waals surface area contributed by atoms with Crippen LogP contribution in [0.3, 0.4) is 0 Å². The van der Waals surface area contributed by atoms with Crippen LogP contribution in [0.2, 0.25) is 0 Å². The second kappa shape index (κ2) is 7.10. The van der Waals surface area contributed by atoms with Gasteiger partial charge in [0.2, 0.25) is 0 Å². The molecule has 3 rings (SSSR count). The summed E-state index contributed by atoms with van der Waals surface area (Å²) in [6.07, 6.45) is 2.53. The van der Waals surface area contributed by atoms with E-state index in [2.05, 4.69) is 59.0 Å². The minimum atomic E-state index is 0.803. The molecule has 0 aliphatic carbocycles. The average molecular weight is 309 g/mol. The zero-order valence-electron chi connectivity index (χ0n) is 12.2. The van der Waals surface area contributed by atoms with Gasteiger partial charge in [-0.05, 0) is 30.0 Å². The van der Waals surface area contributed by atoms with Gasteiger partial charge in [0.15, 0.2) is 0 Å². The van der Waals surface area contributed by atoms with Crippen molar-refractivity contribution in [2.75, 3.05) is 42.3 Å². The predicted octanol–water partition coefficient (Wildman–Crippen LogP) is 3.01. The van der Waals surface area contributed by atoms with Crippen molar-refractivity contribution in [2.24, 2.45) is 0 Å². The second-order valence-electron chi connectivity index (χ2n) is 5.69. The molecule has 0 aromatic heterocycles. The third kappa shape index (κ3) is 3.66. The molecular weight excluding hydrogens is 284 g/mol. The van der Waals surface area contributed by atoms with Crippen molar-refractivity contribution in [3.63, 3.8) is 0 Å². The Morgan fingerprint density at radius 2 is 2.30 bits per heavy atom. The molecule has 1 fully saturated rings. The molecule has 2 heterocycles. The molecule has 1 atom stereocenters. The highest BCUT2D eigenvalue weighted by Gasteiger charge is 2.15. The third-order valence-electron chi connectivity index (χ3n) is 4.08. The Bertz CT molecular complexity index is 444. The molecule has 0 radical (unpaired) electrons. The van der Waals surface area contributed by atoms with E-state index < -0.39 is 0 Å². The number of hydrogen-bond donors (Lipinski definition) is 1. The fourth-order valence-corrected chi connectivity index (χ4v) is 5.63. The number of fused-ring (bicyclic) bond motifs is 1. The lowest BCUT2D eigenvalue weighted by atomic mass is 9.99. The van der Waals surface area contributed by atoms with Crippen LogP contribution in [-0.4, -0.2) is 42.6 Å². The quantitative estimate of drug-likeness (QED) is 0.919. The van der Waals surface area contributed by atoms with E-state index in [9.17, 15) is 0 Å². The van der Waals surface area contributed by atoms with E-state index in [1.54, 1.807) is 0 Å². The van der Waals surface area contributed by atoms with Crippen LogP contribution in [0, 0.1) is 0 Å². The summed E-state index contributed by atoms with van der Waals surface area (Å²) in [7, 11) is 2.20. The van der Waals surface area contributed by atoms with Crippen molar-refractivity contribution in [1.82, 2.24) is 5.32 Å². The van der Waals surface area contributed by atoms with E-state index in [1.165, 1.54) is 53.5 Å². The summed E-state index contributed by atoms with van der Waals surface area (Å²) < 4.78 is 0. The first-order chi connectivity index (χ1) is 9.83. The molecule has 2 aliphatic heterocycles. The lowest BCUT2D eigenvalue weighted by Gasteiger charge is -2.28. The minimum Gasteiger partial charge on any atom is -0.374 e. The summed E-state index contributed by atoms with van der Waals surface area (Å²) in [4.78, 5) is 2.38. The Hall–Kier alpha value is -0.320. The number of rotatable bonds is 4. The largest absolute Gasteiger partial charge is 0.374 e. The highest BCUT2D eigenvalue weighted by molar-refractivity contribution is 8.06. The van der Waals surface area contributed by atoms with Gasteiger partial charge in [-0.25, -0.2) is 0 Å². The molecule has 1 aromatic rings. The van der Waals surface area contributed by atoms with Gasteiger partial charge in [0, 0.05) is 54.9 Å². The Labute approximate surface area is 131 Å². The maximum absolute atomic E-state index is 3.64. The van der Waals surface area contributed by atoms with Crippen molar-refractivity contribution in [2.45, 2.75) is 24.6 Å². The van der Waals surface area contributed by atoms with Gasteiger partial charge in [0.1, 0.15) is 0 Å². The van der Waals surface area contributed by atoms with E-state index in [0.717, 1.165) is 18.3 Å². The van der Waals surface area contributed by atoms with Crippen LogP contribution >= 0.6 is 23.5 Å². The van der Waals surface area contributed by atoms with Gasteiger partial charge in [-0.2, -0.15) is 23.5 Å². The van der Waals surface area contributed by atoms with Gasteiger partial charge >= 0.3 is 0 Å². The smallest absolute Gasteiger partial charge is 0.0396 e. The van der Waals surface area contributed by atoms with Crippen LogP contribution in [0.25, 0.3) is 0 Å². The van der Waals surface area contributed by atoms with Gasteiger partial charge in [-0.15, -0.1) is 0 Å². The number of hydrogen-bond acceptors (Lipinski definition) is 4. The molecule has 0 spiro atoms. The first-order valence-electron chi connectivity index (χ1n) is 7.56. The highest BCUT2D eigenvalue weighted by Crippen LogP contribution is 2.27. The van der Waals surface area contributed by atoms with Crippen molar-refractivity contribution >= 4 is 29.2 Å². The normalized spacial score (nSPS) is 22.6. The number of thioether (sulfide) groups is 2. The number of aryl methyl sites for hydroxylation is 1. The molecule has 1 saturated heterocycles. The van der Waals surface area contributed by atoms with Crippen LogP contribution in [0.15, 0.2) is 18.2 Å². The summed E-state index contributed by atoms with van der Waals surface area (Å²) in [5, 5.41) is 4.44. The first-order valence-corrected chi connectivity index (χ1v) is 9.76. The van der Waals surface area contributed by atoms with Crippen molar-refractivity contribution in [3.8, 4) is 0 Å². The highest BCUT2D eigenvalue weighted by atomic mass is 32.2. The van der Waals surface area contributed by atoms with Gasteiger partial charge in [-0.1, -0.05) is 12.1 Å². The second-order valence-corrected chi connectivity index (χ2v) is 8.24. The molecule has 0 saturated carbocycles. The molecule has 2 nitrogen and oxygen atoms in total. The maximum atomic E-state index is 3.64. The van der Waals surface area contributed by atoms with E-state index in [0.29, 0.717) is 0 Å². The Morgan fingerprint density at radius 1 is 1.35 bits per heavy atom. The zero-order chi connectivity index (χ0) is 13.8. The lowest BCUT2D eigenvalue weighted by molar-refractivity contribution is 0.683.